The summed E-state index contributed by atoms with van der Waals surface area (Å²) in [6.45, 7) is 3.22. The number of fused-ring (bicyclic) bond motifs is 1. The Hall–Kier alpha value is -1.14. The molecular formula is C19H33N3O3. The van der Waals surface area contributed by atoms with Crippen molar-refractivity contribution in [3.8, 4) is 0 Å². The van der Waals surface area contributed by atoms with Crippen molar-refractivity contribution in [1.82, 2.24) is 15.1 Å². The monoisotopic (exact) mass is 351 g/mol. The van der Waals surface area contributed by atoms with E-state index in [1.165, 1.54) is 0 Å². The Labute approximate surface area is 151 Å². The zero-order valence-electron chi connectivity index (χ0n) is 15.8. The van der Waals surface area contributed by atoms with Gasteiger partial charge in [-0.05, 0) is 52.2 Å². The minimum atomic E-state index is -0.386. The highest BCUT2D eigenvalue weighted by atomic mass is 16.5. The quantitative estimate of drug-likeness (QED) is 0.813. The summed E-state index contributed by atoms with van der Waals surface area (Å²) in [5.41, 5.74) is -0.386. The van der Waals surface area contributed by atoms with Gasteiger partial charge in [-0.15, -0.1) is 0 Å². The number of amides is 2. The predicted octanol–water partition coefficient (Wildman–Crippen LogP) is 1.39. The molecule has 142 valence electrons. The van der Waals surface area contributed by atoms with Gasteiger partial charge in [0.1, 0.15) is 0 Å². The molecule has 25 heavy (non-hydrogen) atoms. The molecule has 6 heteroatoms. The van der Waals surface area contributed by atoms with Crippen molar-refractivity contribution < 1.29 is 14.3 Å². The third-order valence-corrected chi connectivity index (χ3v) is 6.51. The van der Waals surface area contributed by atoms with Crippen LogP contribution in [-0.4, -0.2) is 74.1 Å². The van der Waals surface area contributed by atoms with E-state index in [-0.39, 0.29) is 29.3 Å². The number of nitrogens with one attached hydrogen (secondary N) is 1. The van der Waals surface area contributed by atoms with E-state index in [1.807, 2.05) is 4.90 Å². The molecular weight excluding hydrogens is 318 g/mol. The van der Waals surface area contributed by atoms with E-state index in [4.69, 9.17) is 4.74 Å². The Kier molecular flexibility index (Phi) is 6.00. The van der Waals surface area contributed by atoms with E-state index in [9.17, 15) is 9.59 Å². The van der Waals surface area contributed by atoms with Crippen LogP contribution < -0.4 is 5.32 Å². The molecule has 2 saturated heterocycles. The Morgan fingerprint density at radius 2 is 2.00 bits per heavy atom. The maximum atomic E-state index is 13.3. The number of piperidine rings is 2. The van der Waals surface area contributed by atoms with E-state index in [0.29, 0.717) is 26.0 Å². The average molecular weight is 351 g/mol. The second kappa shape index (κ2) is 8.04. The minimum Gasteiger partial charge on any atom is -0.383 e. The smallest absolute Gasteiger partial charge is 0.228 e. The molecule has 3 fully saturated rings. The number of hydrogen-bond donors (Lipinski definition) is 1. The van der Waals surface area contributed by atoms with Crippen LogP contribution in [0.1, 0.15) is 51.4 Å². The summed E-state index contributed by atoms with van der Waals surface area (Å²) in [5, 5.41) is 3.36. The average Bonchev–Trinajstić information content (AvgIpc) is 2.63. The lowest BCUT2D eigenvalue weighted by Crippen LogP contribution is -2.63. The molecule has 3 rings (SSSR count). The summed E-state index contributed by atoms with van der Waals surface area (Å²) >= 11 is 0. The van der Waals surface area contributed by atoms with E-state index >= 15 is 0 Å². The number of methoxy groups -OCH3 is 1. The fourth-order valence-corrected chi connectivity index (χ4v) is 4.94. The second-order valence-corrected chi connectivity index (χ2v) is 8.05. The Morgan fingerprint density at radius 1 is 1.24 bits per heavy atom. The van der Waals surface area contributed by atoms with Crippen LogP contribution in [0.2, 0.25) is 0 Å². The van der Waals surface area contributed by atoms with Gasteiger partial charge in [0.05, 0.1) is 12.0 Å². The molecule has 0 aromatic rings. The van der Waals surface area contributed by atoms with Crippen LogP contribution in [0.3, 0.4) is 0 Å². The van der Waals surface area contributed by atoms with E-state index in [0.717, 1.165) is 51.6 Å². The third kappa shape index (κ3) is 3.85. The number of carbonyl (C=O) groups is 2. The van der Waals surface area contributed by atoms with Crippen molar-refractivity contribution in [3.63, 3.8) is 0 Å². The summed E-state index contributed by atoms with van der Waals surface area (Å²) in [4.78, 5) is 30.1. The lowest BCUT2D eigenvalue weighted by Gasteiger charge is -2.51. The molecule has 0 bridgehead atoms. The summed E-state index contributed by atoms with van der Waals surface area (Å²) in [6.07, 6.45) is 7.28. The summed E-state index contributed by atoms with van der Waals surface area (Å²) in [5.74, 6) is 0.383. The van der Waals surface area contributed by atoms with E-state index in [1.54, 1.807) is 7.11 Å². The molecule has 6 nitrogen and oxygen atoms in total. The standard InChI is InChI=1S/C19H33N3O3/c1-21-11-7-15(8-12-21)20-18(24)19-9-4-3-5-16(19)22(13-14-25-2)17(23)6-10-19/h15-16H,3-14H2,1-2H3,(H,20,24)/t16-,19-/m0/s1. The van der Waals surface area contributed by atoms with Gasteiger partial charge in [-0.2, -0.15) is 0 Å². The number of hydrogen-bond acceptors (Lipinski definition) is 4. The van der Waals surface area contributed by atoms with Gasteiger partial charge >= 0.3 is 0 Å². The molecule has 0 spiro atoms. The first-order valence-corrected chi connectivity index (χ1v) is 9.85. The highest BCUT2D eigenvalue weighted by molar-refractivity contribution is 5.88. The first-order valence-electron chi connectivity index (χ1n) is 9.85. The van der Waals surface area contributed by atoms with Gasteiger partial charge in [0, 0.05) is 32.2 Å². The van der Waals surface area contributed by atoms with Crippen LogP contribution in [0.15, 0.2) is 0 Å². The molecule has 2 heterocycles. The summed E-state index contributed by atoms with van der Waals surface area (Å²) in [7, 11) is 3.80. The van der Waals surface area contributed by atoms with Crippen molar-refractivity contribution in [1.29, 1.82) is 0 Å². The van der Waals surface area contributed by atoms with Gasteiger partial charge < -0.3 is 19.9 Å². The zero-order chi connectivity index (χ0) is 17.9. The van der Waals surface area contributed by atoms with E-state index in [2.05, 4.69) is 17.3 Å². The first kappa shape index (κ1) is 18.6. The Morgan fingerprint density at radius 3 is 2.72 bits per heavy atom. The van der Waals surface area contributed by atoms with Gasteiger partial charge in [0.25, 0.3) is 0 Å². The molecule has 0 aromatic carbocycles. The van der Waals surface area contributed by atoms with Gasteiger partial charge in [-0.25, -0.2) is 0 Å². The first-order chi connectivity index (χ1) is 12.1. The van der Waals surface area contributed by atoms with Crippen molar-refractivity contribution in [3.05, 3.63) is 0 Å². The fraction of sp³-hybridized carbons (Fsp3) is 0.895. The van der Waals surface area contributed by atoms with Crippen molar-refractivity contribution >= 4 is 11.8 Å². The molecule has 1 saturated carbocycles. The van der Waals surface area contributed by atoms with Crippen LogP contribution >= 0.6 is 0 Å². The largest absolute Gasteiger partial charge is 0.383 e. The van der Waals surface area contributed by atoms with Gasteiger partial charge in [-0.3, -0.25) is 9.59 Å². The highest BCUT2D eigenvalue weighted by Crippen LogP contribution is 2.46. The molecule has 2 aliphatic heterocycles. The van der Waals surface area contributed by atoms with Crippen LogP contribution in [0.25, 0.3) is 0 Å². The predicted molar refractivity (Wildman–Crippen MR) is 96.2 cm³/mol. The Bertz CT molecular complexity index is 490. The normalized spacial score (nSPS) is 31.7. The van der Waals surface area contributed by atoms with Crippen molar-refractivity contribution in [2.45, 2.75) is 63.5 Å². The van der Waals surface area contributed by atoms with Crippen LogP contribution in [0, 0.1) is 5.41 Å². The second-order valence-electron chi connectivity index (χ2n) is 8.05. The van der Waals surface area contributed by atoms with Crippen molar-refractivity contribution in [2.24, 2.45) is 5.41 Å². The number of rotatable bonds is 5. The molecule has 0 radical (unpaired) electrons. The molecule has 3 aliphatic rings. The topological polar surface area (TPSA) is 61.9 Å². The summed E-state index contributed by atoms with van der Waals surface area (Å²) in [6, 6.07) is 0.328. The molecule has 2 atom stereocenters. The van der Waals surface area contributed by atoms with Gasteiger partial charge in [-0.1, -0.05) is 12.8 Å². The molecule has 1 N–H and O–H groups in total. The third-order valence-electron chi connectivity index (χ3n) is 6.51. The molecule has 0 aromatic heterocycles. The minimum absolute atomic E-state index is 0.0453. The van der Waals surface area contributed by atoms with Crippen LogP contribution in [-0.2, 0) is 14.3 Å². The fourth-order valence-electron chi connectivity index (χ4n) is 4.94. The van der Waals surface area contributed by atoms with Gasteiger partial charge in [0.15, 0.2) is 0 Å². The number of carbonyl (C=O) groups excluding carboxylic acids is 2. The maximum absolute atomic E-state index is 13.3. The SMILES string of the molecule is COCCN1C(=O)CC[C@@]2(C(=O)NC3CCN(C)CC3)CCCC[C@H]12. The highest BCUT2D eigenvalue weighted by Gasteiger charge is 2.53. The maximum Gasteiger partial charge on any atom is 0.228 e. The zero-order valence-corrected chi connectivity index (χ0v) is 15.8. The summed E-state index contributed by atoms with van der Waals surface area (Å²) < 4.78 is 5.20. The lowest BCUT2D eigenvalue weighted by atomic mass is 9.64. The number of likely N-dealkylation sites (tertiary alicyclic amines) is 2. The number of ether oxygens (including phenoxy) is 1. The number of nitrogens with zero attached hydrogens (tertiary/aromatic N) is 2. The van der Waals surface area contributed by atoms with Gasteiger partial charge in [0.2, 0.25) is 11.8 Å². The molecule has 1 aliphatic carbocycles. The lowest BCUT2D eigenvalue weighted by molar-refractivity contribution is -0.156. The Balaban J connectivity index is 1.73. The molecule has 0 unspecified atom stereocenters. The van der Waals surface area contributed by atoms with E-state index < -0.39 is 0 Å². The van der Waals surface area contributed by atoms with Crippen LogP contribution in [0.4, 0.5) is 0 Å². The van der Waals surface area contributed by atoms with Crippen LogP contribution in [0.5, 0.6) is 0 Å². The molecule has 2 amide bonds. The van der Waals surface area contributed by atoms with Crippen molar-refractivity contribution in [2.75, 3.05) is 40.4 Å².